The maximum Gasteiger partial charge on any atom is 0.263 e. The predicted molar refractivity (Wildman–Crippen MR) is 127 cm³/mol. The molecule has 0 bridgehead atoms. The third-order valence-electron chi connectivity index (χ3n) is 7.29. The van der Waals surface area contributed by atoms with Gasteiger partial charge in [-0.05, 0) is 61.4 Å². The monoisotopic (exact) mass is 463 g/mol. The Kier molecular flexibility index (Phi) is 6.11. The van der Waals surface area contributed by atoms with Crippen LogP contribution in [0, 0.1) is 17.7 Å². The predicted octanol–water partition coefficient (Wildman–Crippen LogP) is 4.10. The molecule has 3 heterocycles. The molecular formula is C27H30FN3O3. The Bertz CT molecular complexity index is 1130. The highest BCUT2D eigenvalue weighted by atomic mass is 19.1. The number of nitrogens with zero attached hydrogens (tertiary/aromatic N) is 3. The third-order valence-corrected chi connectivity index (χ3v) is 7.29. The number of anilines is 1. The van der Waals surface area contributed by atoms with Gasteiger partial charge in [0.2, 0.25) is 5.91 Å². The molecule has 3 aliphatic heterocycles. The minimum atomic E-state index is -0.401. The highest BCUT2D eigenvalue weighted by Crippen LogP contribution is 2.35. The lowest BCUT2D eigenvalue weighted by Crippen LogP contribution is -2.48. The van der Waals surface area contributed by atoms with Crippen LogP contribution in [-0.4, -0.2) is 53.7 Å². The molecule has 7 heteroatoms. The van der Waals surface area contributed by atoms with Gasteiger partial charge in [0.15, 0.2) is 0 Å². The smallest absolute Gasteiger partial charge is 0.263 e. The van der Waals surface area contributed by atoms with Gasteiger partial charge in [0.25, 0.3) is 11.8 Å². The molecule has 0 aliphatic carbocycles. The summed E-state index contributed by atoms with van der Waals surface area (Å²) >= 11 is 0. The van der Waals surface area contributed by atoms with E-state index in [0.29, 0.717) is 34.8 Å². The molecule has 3 amide bonds. The molecule has 178 valence electrons. The van der Waals surface area contributed by atoms with Crippen molar-refractivity contribution < 1.29 is 18.8 Å². The van der Waals surface area contributed by atoms with Gasteiger partial charge in [0, 0.05) is 26.2 Å². The van der Waals surface area contributed by atoms with Crippen LogP contribution in [0.25, 0.3) is 0 Å². The van der Waals surface area contributed by atoms with E-state index in [2.05, 4.69) is 11.8 Å². The number of amides is 3. The van der Waals surface area contributed by atoms with Gasteiger partial charge in [0.1, 0.15) is 5.82 Å². The van der Waals surface area contributed by atoms with Crippen LogP contribution in [0.2, 0.25) is 0 Å². The first kappa shape index (κ1) is 22.6. The number of benzene rings is 2. The third kappa shape index (κ3) is 4.19. The van der Waals surface area contributed by atoms with Crippen LogP contribution in [-0.2, 0) is 11.3 Å². The summed E-state index contributed by atoms with van der Waals surface area (Å²) in [5.41, 5.74) is 2.04. The average molecular weight is 464 g/mol. The summed E-state index contributed by atoms with van der Waals surface area (Å²) in [6.07, 6.45) is 3.92. The van der Waals surface area contributed by atoms with Crippen molar-refractivity contribution >= 4 is 23.4 Å². The van der Waals surface area contributed by atoms with Crippen molar-refractivity contribution in [3.8, 4) is 0 Å². The van der Waals surface area contributed by atoms with E-state index in [1.54, 1.807) is 24.3 Å². The first-order valence-electron chi connectivity index (χ1n) is 12.2. The van der Waals surface area contributed by atoms with E-state index in [1.807, 2.05) is 11.0 Å². The average Bonchev–Trinajstić information content (AvgIpc) is 3.08. The van der Waals surface area contributed by atoms with Crippen molar-refractivity contribution in [2.45, 2.75) is 39.2 Å². The molecule has 5 rings (SSSR count). The number of carbonyl (C=O) groups excluding carboxylic acids is 3. The topological polar surface area (TPSA) is 60.9 Å². The standard InChI is InChI=1S/C27H30FN3O3/c1-18-6-4-13-30(15-18)25(32)20-8-5-12-29(17-20)23-11-3-10-22-24(23)27(34)31(26(22)33)16-19-7-2-9-21(28)14-19/h2-3,7,9-11,14,18,20H,4-6,8,12-13,15-17H2,1H3/t18-,20+/m0/s1. The second kappa shape index (κ2) is 9.20. The van der Waals surface area contributed by atoms with Crippen molar-refractivity contribution in [1.82, 2.24) is 9.80 Å². The molecule has 6 nitrogen and oxygen atoms in total. The molecule has 3 aliphatic rings. The number of imide groups is 1. The number of fused-ring (bicyclic) bond motifs is 1. The van der Waals surface area contributed by atoms with Gasteiger partial charge in [-0.2, -0.15) is 0 Å². The molecule has 2 fully saturated rings. The van der Waals surface area contributed by atoms with Crippen molar-refractivity contribution in [2.24, 2.45) is 11.8 Å². The molecule has 2 aromatic rings. The number of hydrogen-bond acceptors (Lipinski definition) is 4. The van der Waals surface area contributed by atoms with Crippen molar-refractivity contribution in [1.29, 1.82) is 0 Å². The molecule has 2 aromatic carbocycles. The van der Waals surface area contributed by atoms with Crippen molar-refractivity contribution in [2.75, 3.05) is 31.1 Å². The molecule has 0 N–H and O–H groups in total. The molecule has 0 radical (unpaired) electrons. The van der Waals surface area contributed by atoms with Gasteiger partial charge in [-0.15, -0.1) is 0 Å². The second-order valence-corrected chi connectivity index (χ2v) is 9.84. The summed E-state index contributed by atoms with van der Waals surface area (Å²) in [6, 6.07) is 11.3. The fraction of sp³-hybridized carbons (Fsp3) is 0.444. The molecule has 0 unspecified atom stereocenters. The van der Waals surface area contributed by atoms with Crippen LogP contribution in [0.4, 0.5) is 10.1 Å². The van der Waals surface area contributed by atoms with E-state index in [9.17, 15) is 18.8 Å². The minimum Gasteiger partial charge on any atom is -0.370 e. The van der Waals surface area contributed by atoms with Crippen LogP contribution >= 0.6 is 0 Å². The van der Waals surface area contributed by atoms with E-state index in [4.69, 9.17) is 0 Å². The Morgan fingerprint density at radius 3 is 2.59 bits per heavy atom. The van der Waals surface area contributed by atoms with Gasteiger partial charge in [0.05, 0.1) is 29.3 Å². The Balaban J connectivity index is 1.37. The largest absolute Gasteiger partial charge is 0.370 e. The fourth-order valence-corrected chi connectivity index (χ4v) is 5.59. The maximum absolute atomic E-state index is 13.6. The van der Waals surface area contributed by atoms with Gasteiger partial charge >= 0.3 is 0 Å². The number of hydrogen-bond donors (Lipinski definition) is 0. The molecule has 2 saturated heterocycles. The first-order valence-corrected chi connectivity index (χ1v) is 12.2. The van der Waals surface area contributed by atoms with E-state index in [1.165, 1.54) is 23.5 Å². The molecule has 34 heavy (non-hydrogen) atoms. The second-order valence-electron chi connectivity index (χ2n) is 9.84. The highest BCUT2D eigenvalue weighted by Gasteiger charge is 2.40. The van der Waals surface area contributed by atoms with Crippen LogP contribution in [0.3, 0.4) is 0 Å². The lowest BCUT2D eigenvalue weighted by atomic mass is 9.93. The van der Waals surface area contributed by atoms with E-state index in [0.717, 1.165) is 38.9 Å². The molecule has 0 aromatic heterocycles. The van der Waals surface area contributed by atoms with Crippen LogP contribution in [0.15, 0.2) is 42.5 Å². The summed E-state index contributed by atoms with van der Waals surface area (Å²) in [7, 11) is 0. The summed E-state index contributed by atoms with van der Waals surface area (Å²) < 4.78 is 13.6. The quantitative estimate of drug-likeness (QED) is 0.641. The minimum absolute atomic E-state index is 0.0256. The fourth-order valence-electron chi connectivity index (χ4n) is 5.59. The van der Waals surface area contributed by atoms with E-state index in [-0.39, 0.29) is 30.2 Å². The number of likely N-dealkylation sites (tertiary alicyclic amines) is 1. The van der Waals surface area contributed by atoms with Crippen molar-refractivity contribution in [3.63, 3.8) is 0 Å². The summed E-state index contributed by atoms with van der Waals surface area (Å²) in [5.74, 6) is -0.495. The van der Waals surface area contributed by atoms with E-state index >= 15 is 0 Å². The summed E-state index contributed by atoms with van der Waals surface area (Å²) in [4.78, 5) is 45.0. The lowest BCUT2D eigenvalue weighted by Gasteiger charge is -2.38. The summed E-state index contributed by atoms with van der Waals surface area (Å²) in [5, 5.41) is 0. The van der Waals surface area contributed by atoms with E-state index < -0.39 is 5.82 Å². The summed E-state index contributed by atoms with van der Waals surface area (Å²) in [6.45, 7) is 5.14. The van der Waals surface area contributed by atoms with Gasteiger partial charge in [-0.25, -0.2) is 4.39 Å². The zero-order valence-corrected chi connectivity index (χ0v) is 19.5. The van der Waals surface area contributed by atoms with Gasteiger partial charge in [-0.3, -0.25) is 19.3 Å². The Morgan fingerprint density at radius 1 is 1.00 bits per heavy atom. The normalized spacial score (nSPS) is 22.8. The Hall–Kier alpha value is -3.22. The first-order chi connectivity index (χ1) is 16.4. The highest BCUT2D eigenvalue weighted by molar-refractivity contribution is 6.23. The Morgan fingerprint density at radius 2 is 1.79 bits per heavy atom. The number of halogens is 1. The van der Waals surface area contributed by atoms with Gasteiger partial charge < -0.3 is 9.80 Å². The zero-order chi connectivity index (χ0) is 23.8. The maximum atomic E-state index is 13.6. The molecule has 0 spiro atoms. The molecule has 2 atom stereocenters. The molecule has 0 saturated carbocycles. The lowest BCUT2D eigenvalue weighted by molar-refractivity contribution is -0.137. The van der Waals surface area contributed by atoms with Crippen LogP contribution in [0.5, 0.6) is 0 Å². The number of piperidine rings is 2. The van der Waals surface area contributed by atoms with Crippen molar-refractivity contribution in [3.05, 3.63) is 65.0 Å². The SMILES string of the molecule is C[C@H]1CCCN(C(=O)[C@@H]2CCCN(c3cccc4c3C(=O)N(Cc3cccc(F)c3)C4=O)C2)C1. The van der Waals surface area contributed by atoms with Gasteiger partial charge in [-0.1, -0.05) is 25.1 Å². The Labute approximate surface area is 199 Å². The van der Waals surface area contributed by atoms with Crippen LogP contribution in [0.1, 0.15) is 58.9 Å². The number of carbonyl (C=O) groups is 3. The zero-order valence-electron chi connectivity index (χ0n) is 19.5. The molecular weight excluding hydrogens is 433 g/mol. The number of rotatable bonds is 4. The van der Waals surface area contributed by atoms with Crippen LogP contribution < -0.4 is 4.90 Å².